The number of carbonyl (C=O) groups is 1. The number of rotatable bonds is 2. The van der Waals surface area contributed by atoms with Gasteiger partial charge in [0.25, 0.3) is 5.91 Å². The summed E-state index contributed by atoms with van der Waals surface area (Å²) < 4.78 is 18.7. The Hall–Kier alpha value is -2.93. The number of nitrogens with one attached hydrogen (secondary N) is 1. The van der Waals surface area contributed by atoms with Crippen molar-refractivity contribution in [3.63, 3.8) is 0 Å². The lowest BCUT2D eigenvalue weighted by molar-refractivity contribution is -0.115. The van der Waals surface area contributed by atoms with Gasteiger partial charge >= 0.3 is 6.01 Å². The second-order valence-corrected chi connectivity index (χ2v) is 6.03. The molecule has 3 aromatic rings. The topological polar surface area (TPSA) is 67.5 Å². The SMILES string of the molecule is O=C1N/C(=N\c2nc3ccccc3o2)S/C1=C/c1cccc(F)c1. The van der Waals surface area contributed by atoms with E-state index in [9.17, 15) is 9.18 Å². The molecule has 1 fully saturated rings. The molecule has 0 saturated carbocycles. The number of para-hydroxylation sites is 2. The van der Waals surface area contributed by atoms with Crippen LogP contribution in [0.3, 0.4) is 0 Å². The number of nitrogens with zero attached hydrogens (tertiary/aromatic N) is 2. The Morgan fingerprint density at radius 1 is 1.21 bits per heavy atom. The number of amides is 1. The first-order chi connectivity index (χ1) is 11.7. The van der Waals surface area contributed by atoms with Gasteiger partial charge in [0.2, 0.25) is 0 Å². The van der Waals surface area contributed by atoms with E-state index in [-0.39, 0.29) is 17.7 Å². The summed E-state index contributed by atoms with van der Waals surface area (Å²) in [6.07, 6.45) is 1.61. The van der Waals surface area contributed by atoms with Crippen molar-refractivity contribution in [2.24, 2.45) is 4.99 Å². The number of hydrogen-bond donors (Lipinski definition) is 1. The summed E-state index contributed by atoms with van der Waals surface area (Å²) >= 11 is 1.15. The maximum atomic E-state index is 13.2. The highest BCUT2D eigenvalue weighted by Gasteiger charge is 2.24. The Morgan fingerprint density at radius 3 is 2.92 bits per heavy atom. The van der Waals surface area contributed by atoms with Gasteiger partial charge in [0.1, 0.15) is 11.3 Å². The number of hydrogen-bond acceptors (Lipinski definition) is 5. The summed E-state index contributed by atoms with van der Waals surface area (Å²) in [6.45, 7) is 0. The van der Waals surface area contributed by atoms with Crippen LogP contribution in [0.25, 0.3) is 17.2 Å². The zero-order chi connectivity index (χ0) is 16.5. The molecule has 1 aliphatic rings. The molecule has 1 aromatic heterocycles. The van der Waals surface area contributed by atoms with Crippen LogP contribution in [-0.4, -0.2) is 16.1 Å². The molecule has 0 atom stereocenters. The molecule has 0 unspecified atom stereocenters. The number of thioether (sulfide) groups is 1. The molecular weight excluding hydrogens is 329 g/mol. The van der Waals surface area contributed by atoms with Crippen LogP contribution in [0.2, 0.25) is 0 Å². The third-order valence-corrected chi connectivity index (χ3v) is 4.19. The molecule has 1 aliphatic heterocycles. The van der Waals surface area contributed by atoms with Crippen molar-refractivity contribution in [1.82, 2.24) is 10.3 Å². The number of aromatic nitrogens is 1. The number of oxazole rings is 1. The summed E-state index contributed by atoms with van der Waals surface area (Å²) in [6, 6.07) is 13.5. The summed E-state index contributed by atoms with van der Waals surface area (Å²) in [5.41, 5.74) is 1.93. The summed E-state index contributed by atoms with van der Waals surface area (Å²) in [5.74, 6) is -0.646. The third kappa shape index (κ3) is 2.93. The van der Waals surface area contributed by atoms with E-state index in [1.807, 2.05) is 18.2 Å². The maximum Gasteiger partial charge on any atom is 0.325 e. The van der Waals surface area contributed by atoms with Crippen LogP contribution in [0.4, 0.5) is 10.4 Å². The first-order valence-corrected chi connectivity index (χ1v) is 7.90. The molecule has 2 heterocycles. The molecular formula is C17H10FN3O2S. The van der Waals surface area contributed by atoms with Crippen molar-refractivity contribution in [3.8, 4) is 0 Å². The highest BCUT2D eigenvalue weighted by Crippen LogP contribution is 2.29. The molecule has 118 valence electrons. The summed E-state index contributed by atoms with van der Waals surface area (Å²) in [7, 11) is 0. The van der Waals surface area contributed by atoms with Gasteiger partial charge in [0.15, 0.2) is 10.8 Å². The standard InChI is InChI=1S/C17H10FN3O2S/c18-11-5-3-4-10(8-11)9-14-15(22)20-17(24-14)21-16-19-12-6-1-2-7-13(12)23-16/h1-9H,(H,19,20,21,22)/b14-9+. The minimum absolute atomic E-state index is 0.172. The smallest absolute Gasteiger partial charge is 0.325 e. The van der Waals surface area contributed by atoms with Crippen molar-refractivity contribution >= 4 is 46.0 Å². The van der Waals surface area contributed by atoms with Crippen LogP contribution in [0.15, 0.2) is 62.8 Å². The quantitative estimate of drug-likeness (QED) is 0.720. The first-order valence-electron chi connectivity index (χ1n) is 7.08. The van der Waals surface area contributed by atoms with Crippen LogP contribution >= 0.6 is 11.8 Å². The van der Waals surface area contributed by atoms with Gasteiger partial charge < -0.3 is 9.73 Å². The fourth-order valence-electron chi connectivity index (χ4n) is 2.22. The van der Waals surface area contributed by atoms with Gasteiger partial charge in [0.05, 0.1) is 4.91 Å². The molecule has 0 aliphatic carbocycles. The lowest BCUT2D eigenvalue weighted by Gasteiger charge is -1.94. The number of benzene rings is 2. The molecule has 0 spiro atoms. The number of aliphatic imine (C=N–C) groups is 1. The van der Waals surface area contributed by atoms with E-state index in [1.165, 1.54) is 12.1 Å². The molecule has 1 amide bonds. The van der Waals surface area contributed by atoms with Gasteiger partial charge in [-0.15, -0.1) is 0 Å². The Bertz CT molecular complexity index is 977. The van der Waals surface area contributed by atoms with Crippen molar-refractivity contribution < 1.29 is 13.6 Å². The largest absolute Gasteiger partial charge is 0.422 e. The Balaban J connectivity index is 1.61. The highest BCUT2D eigenvalue weighted by molar-refractivity contribution is 8.18. The number of fused-ring (bicyclic) bond motifs is 1. The second-order valence-electron chi connectivity index (χ2n) is 5.00. The van der Waals surface area contributed by atoms with E-state index >= 15 is 0 Å². The fraction of sp³-hybridized carbons (Fsp3) is 0. The van der Waals surface area contributed by atoms with Crippen LogP contribution in [-0.2, 0) is 4.79 Å². The van der Waals surface area contributed by atoms with E-state index in [1.54, 1.807) is 24.3 Å². The number of amidine groups is 1. The van der Waals surface area contributed by atoms with E-state index < -0.39 is 0 Å². The molecule has 5 nitrogen and oxygen atoms in total. The van der Waals surface area contributed by atoms with Gasteiger partial charge in [-0.05, 0) is 47.7 Å². The van der Waals surface area contributed by atoms with Crippen LogP contribution in [0, 0.1) is 5.82 Å². The maximum absolute atomic E-state index is 13.2. The molecule has 1 N–H and O–H groups in total. The van der Waals surface area contributed by atoms with E-state index in [0.717, 1.165) is 11.8 Å². The summed E-state index contributed by atoms with van der Waals surface area (Å²) in [4.78, 5) is 20.9. The van der Waals surface area contributed by atoms with E-state index in [2.05, 4.69) is 15.3 Å². The normalized spacial score (nSPS) is 17.8. The number of halogens is 1. The van der Waals surface area contributed by atoms with Gasteiger partial charge in [0, 0.05) is 0 Å². The molecule has 0 bridgehead atoms. The second kappa shape index (κ2) is 5.93. The van der Waals surface area contributed by atoms with Crippen LogP contribution in [0.5, 0.6) is 0 Å². The van der Waals surface area contributed by atoms with Crippen molar-refractivity contribution in [1.29, 1.82) is 0 Å². The lowest BCUT2D eigenvalue weighted by Crippen LogP contribution is -2.19. The number of carbonyl (C=O) groups excluding carboxylic acids is 1. The molecule has 4 rings (SSSR count). The van der Waals surface area contributed by atoms with E-state index in [4.69, 9.17) is 4.42 Å². The van der Waals surface area contributed by atoms with Gasteiger partial charge in [-0.2, -0.15) is 9.98 Å². The lowest BCUT2D eigenvalue weighted by atomic mass is 10.2. The average Bonchev–Trinajstić information content (AvgIpc) is 3.10. The zero-order valence-corrected chi connectivity index (χ0v) is 13.0. The first kappa shape index (κ1) is 14.6. The highest BCUT2D eigenvalue weighted by atomic mass is 32.2. The minimum Gasteiger partial charge on any atom is -0.422 e. The van der Waals surface area contributed by atoms with Crippen molar-refractivity contribution in [3.05, 3.63) is 64.8 Å². The molecule has 24 heavy (non-hydrogen) atoms. The summed E-state index contributed by atoms with van der Waals surface area (Å²) in [5, 5.41) is 3.01. The molecule has 2 aromatic carbocycles. The predicted molar refractivity (Wildman–Crippen MR) is 91.2 cm³/mol. The molecule has 1 saturated heterocycles. The third-order valence-electron chi connectivity index (χ3n) is 3.28. The van der Waals surface area contributed by atoms with E-state index in [0.29, 0.717) is 26.7 Å². The van der Waals surface area contributed by atoms with Gasteiger partial charge in [-0.1, -0.05) is 24.3 Å². The predicted octanol–water partition coefficient (Wildman–Crippen LogP) is 3.86. The fourth-order valence-corrected chi connectivity index (χ4v) is 3.04. The Kier molecular flexibility index (Phi) is 3.62. The van der Waals surface area contributed by atoms with Crippen molar-refractivity contribution in [2.75, 3.05) is 0 Å². The van der Waals surface area contributed by atoms with Crippen LogP contribution in [0.1, 0.15) is 5.56 Å². The Labute approximate surface area is 140 Å². The van der Waals surface area contributed by atoms with Gasteiger partial charge in [-0.25, -0.2) is 4.39 Å². The van der Waals surface area contributed by atoms with Crippen LogP contribution < -0.4 is 5.32 Å². The van der Waals surface area contributed by atoms with Crippen molar-refractivity contribution in [2.45, 2.75) is 0 Å². The average molecular weight is 339 g/mol. The molecule has 7 heteroatoms. The Morgan fingerprint density at radius 2 is 2.08 bits per heavy atom. The monoisotopic (exact) mass is 339 g/mol. The zero-order valence-electron chi connectivity index (χ0n) is 12.2. The minimum atomic E-state index is -0.354. The molecule has 0 radical (unpaired) electrons. The van der Waals surface area contributed by atoms with Gasteiger partial charge in [-0.3, -0.25) is 4.79 Å².